The Morgan fingerprint density at radius 2 is 2.04 bits per heavy atom. The summed E-state index contributed by atoms with van der Waals surface area (Å²) in [4.78, 5) is 29.3. The van der Waals surface area contributed by atoms with Crippen LogP contribution < -0.4 is 11.0 Å². The van der Waals surface area contributed by atoms with Gasteiger partial charge >= 0.3 is 5.69 Å². The Balaban J connectivity index is 1.48. The van der Waals surface area contributed by atoms with Gasteiger partial charge < -0.3 is 15.3 Å². The Morgan fingerprint density at radius 1 is 1.22 bits per heavy atom. The maximum Gasteiger partial charge on any atom is 0.323 e. The monoisotopic (exact) mass is 406 g/mol. The molecule has 1 saturated heterocycles. The lowest BCUT2D eigenvalue weighted by Crippen LogP contribution is -2.43. The summed E-state index contributed by atoms with van der Waals surface area (Å²) in [6.45, 7) is 0.579. The molecule has 8 nitrogen and oxygen atoms in total. The van der Waals surface area contributed by atoms with E-state index in [0.717, 1.165) is 0 Å². The number of benzene rings is 1. The predicted octanol–water partition coefficient (Wildman–Crippen LogP) is 1.96. The molecule has 3 heterocycles. The molecule has 10 heteroatoms. The van der Waals surface area contributed by atoms with E-state index in [-0.39, 0.29) is 18.1 Å². The molecule has 0 bridgehead atoms. The highest BCUT2D eigenvalue weighted by Crippen LogP contribution is 2.27. The van der Waals surface area contributed by atoms with Crippen LogP contribution >= 0.6 is 11.3 Å². The third kappa shape index (κ3) is 3.55. The van der Waals surface area contributed by atoms with E-state index < -0.39 is 15.9 Å². The molecule has 0 unspecified atom stereocenters. The van der Waals surface area contributed by atoms with Crippen molar-refractivity contribution in [3.8, 4) is 0 Å². The van der Waals surface area contributed by atoms with Crippen molar-refractivity contribution in [3.05, 3.63) is 46.2 Å². The van der Waals surface area contributed by atoms with Gasteiger partial charge in [0.25, 0.3) is 10.0 Å². The SMILES string of the molecule is O=C(Nc1ccc2[nH]c(=O)[nH]c2c1)[C@@H]1CCCN(S(=O)(=O)c2cccs2)C1. The number of hydrogen-bond donors (Lipinski definition) is 3. The third-order valence-corrected chi connectivity index (χ3v) is 7.87. The zero-order chi connectivity index (χ0) is 19.0. The van der Waals surface area contributed by atoms with Crippen LogP contribution in [0.3, 0.4) is 0 Å². The maximum atomic E-state index is 12.7. The lowest BCUT2D eigenvalue weighted by atomic mass is 9.98. The minimum atomic E-state index is -3.56. The first kappa shape index (κ1) is 18.0. The van der Waals surface area contributed by atoms with Crippen molar-refractivity contribution >= 4 is 44.0 Å². The summed E-state index contributed by atoms with van der Waals surface area (Å²) in [5, 5.41) is 4.55. The maximum absolute atomic E-state index is 12.7. The van der Waals surface area contributed by atoms with Crippen molar-refractivity contribution < 1.29 is 13.2 Å². The minimum Gasteiger partial charge on any atom is -0.326 e. The van der Waals surface area contributed by atoms with Gasteiger partial charge in [-0.25, -0.2) is 13.2 Å². The number of anilines is 1. The smallest absolute Gasteiger partial charge is 0.323 e. The molecule has 3 aromatic rings. The minimum absolute atomic E-state index is 0.162. The Hall–Kier alpha value is -2.43. The molecule has 3 N–H and O–H groups in total. The van der Waals surface area contributed by atoms with Crippen LogP contribution in [0.2, 0.25) is 0 Å². The van der Waals surface area contributed by atoms with Crippen LogP contribution in [0, 0.1) is 5.92 Å². The Morgan fingerprint density at radius 3 is 2.81 bits per heavy atom. The van der Waals surface area contributed by atoms with Crippen molar-refractivity contribution in [3.63, 3.8) is 0 Å². The van der Waals surface area contributed by atoms with Gasteiger partial charge in [-0.2, -0.15) is 4.31 Å². The van der Waals surface area contributed by atoms with Gasteiger partial charge in [-0.1, -0.05) is 6.07 Å². The standard InChI is InChI=1S/C17H18N4O4S2/c22-16(18-12-5-6-13-14(9-12)20-17(23)19-13)11-3-1-7-21(10-11)27(24,25)15-4-2-8-26-15/h2,4-6,8-9,11H,1,3,7,10H2,(H,18,22)(H2,19,20,23)/t11-/m1/s1. The van der Waals surface area contributed by atoms with Crippen molar-refractivity contribution in [2.75, 3.05) is 18.4 Å². The summed E-state index contributed by atoms with van der Waals surface area (Å²) in [5.41, 5.74) is 1.50. The van der Waals surface area contributed by atoms with Gasteiger partial charge in [-0.05, 0) is 42.5 Å². The number of amides is 1. The first-order valence-corrected chi connectivity index (χ1v) is 10.8. The van der Waals surface area contributed by atoms with E-state index in [1.165, 1.54) is 15.6 Å². The van der Waals surface area contributed by atoms with E-state index in [1.807, 2.05) is 0 Å². The lowest BCUT2D eigenvalue weighted by Gasteiger charge is -2.30. The van der Waals surface area contributed by atoms with Crippen molar-refractivity contribution in [2.24, 2.45) is 5.92 Å². The largest absolute Gasteiger partial charge is 0.326 e. The summed E-state index contributed by atoms with van der Waals surface area (Å²) in [6.07, 6.45) is 1.26. The van der Waals surface area contributed by atoms with Gasteiger partial charge in [-0.3, -0.25) is 4.79 Å². The van der Waals surface area contributed by atoms with Gasteiger partial charge in [0.05, 0.1) is 17.0 Å². The number of aromatic nitrogens is 2. The molecule has 142 valence electrons. The highest BCUT2D eigenvalue weighted by Gasteiger charge is 2.33. The van der Waals surface area contributed by atoms with Gasteiger partial charge in [0, 0.05) is 18.8 Å². The van der Waals surface area contributed by atoms with Crippen LogP contribution in [0.5, 0.6) is 0 Å². The number of nitrogens with zero attached hydrogens (tertiary/aromatic N) is 1. The molecular weight excluding hydrogens is 388 g/mol. The number of carbonyl (C=O) groups excluding carboxylic acids is 1. The molecule has 27 heavy (non-hydrogen) atoms. The second-order valence-electron chi connectivity index (χ2n) is 6.46. The number of piperidine rings is 1. The Bertz CT molecular complexity index is 1130. The zero-order valence-corrected chi connectivity index (χ0v) is 15.9. The molecule has 1 aliphatic heterocycles. The van der Waals surface area contributed by atoms with Gasteiger partial charge in [-0.15, -0.1) is 11.3 Å². The number of nitrogens with one attached hydrogen (secondary N) is 3. The molecule has 1 aliphatic rings. The molecule has 0 aliphatic carbocycles. The van der Waals surface area contributed by atoms with Gasteiger partial charge in [0.2, 0.25) is 5.91 Å². The molecule has 0 saturated carbocycles. The van der Waals surface area contributed by atoms with E-state index in [1.54, 1.807) is 35.7 Å². The van der Waals surface area contributed by atoms with E-state index in [9.17, 15) is 18.0 Å². The molecule has 2 aromatic heterocycles. The number of fused-ring (bicyclic) bond motifs is 1. The Kier molecular flexibility index (Phi) is 4.62. The average Bonchev–Trinajstić information content (AvgIpc) is 3.30. The van der Waals surface area contributed by atoms with Crippen LogP contribution in [0.15, 0.2) is 44.7 Å². The summed E-state index contributed by atoms with van der Waals surface area (Å²) in [5.74, 6) is -0.646. The first-order valence-electron chi connectivity index (χ1n) is 8.50. The van der Waals surface area contributed by atoms with Crippen LogP contribution in [0.1, 0.15) is 12.8 Å². The van der Waals surface area contributed by atoms with Crippen molar-refractivity contribution in [2.45, 2.75) is 17.1 Å². The molecule has 1 fully saturated rings. The summed E-state index contributed by atoms with van der Waals surface area (Å²) in [6, 6.07) is 8.36. The summed E-state index contributed by atoms with van der Waals surface area (Å²) in [7, 11) is -3.56. The number of H-pyrrole nitrogens is 2. The van der Waals surface area contributed by atoms with Gasteiger partial charge in [0.1, 0.15) is 4.21 Å². The number of aromatic amines is 2. The number of sulfonamides is 1. The summed E-state index contributed by atoms with van der Waals surface area (Å²) < 4.78 is 27.1. The number of imidazole rings is 1. The highest BCUT2D eigenvalue weighted by molar-refractivity contribution is 7.91. The quantitative estimate of drug-likeness (QED) is 0.614. The number of thiophene rings is 1. The van der Waals surface area contributed by atoms with Crippen molar-refractivity contribution in [1.82, 2.24) is 14.3 Å². The first-order chi connectivity index (χ1) is 12.9. The molecule has 1 amide bonds. The van der Waals surface area contributed by atoms with Crippen LogP contribution in [-0.2, 0) is 14.8 Å². The fourth-order valence-electron chi connectivity index (χ4n) is 3.27. The molecule has 1 atom stereocenters. The predicted molar refractivity (Wildman–Crippen MR) is 103 cm³/mol. The zero-order valence-electron chi connectivity index (χ0n) is 14.3. The van der Waals surface area contributed by atoms with Crippen LogP contribution in [-0.4, -0.2) is 41.7 Å². The van der Waals surface area contributed by atoms with E-state index in [0.29, 0.717) is 40.3 Å². The highest BCUT2D eigenvalue weighted by atomic mass is 32.2. The van der Waals surface area contributed by atoms with E-state index >= 15 is 0 Å². The fraction of sp³-hybridized carbons (Fsp3) is 0.294. The molecule has 1 aromatic carbocycles. The fourth-order valence-corrected chi connectivity index (χ4v) is 5.94. The molecular formula is C17H18N4O4S2. The summed E-state index contributed by atoms with van der Waals surface area (Å²) >= 11 is 1.18. The Labute approximate surface area is 159 Å². The third-order valence-electron chi connectivity index (χ3n) is 4.63. The van der Waals surface area contributed by atoms with Crippen LogP contribution in [0.25, 0.3) is 11.0 Å². The van der Waals surface area contributed by atoms with E-state index in [4.69, 9.17) is 0 Å². The number of hydrogen-bond acceptors (Lipinski definition) is 5. The van der Waals surface area contributed by atoms with Crippen LogP contribution in [0.4, 0.5) is 5.69 Å². The average molecular weight is 406 g/mol. The molecule has 0 spiro atoms. The normalized spacial score (nSPS) is 18.6. The van der Waals surface area contributed by atoms with Crippen molar-refractivity contribution in [1.29, 1.82) is 0 Å². The second-order valence-corrected chi connectivity index (χ2v) is 9.58. The van der Waals surface area contributed by atoms with E-state index in [2.05, 4.69) is 15.3 Å². The second kappa shape index (κ2) is 6.95. The molecule has 0 radical (unpaired) electrons. The molecule has 4 rings (SSSR count). The topological polar surface area (TPSA) is 115 Å². The van der Waals surface area contributed by atoms with Gasteiger partial charge in [0.15, 0.2) is 0 Å². The number of rotatable bonds is 4. The lowest BCUT2D eigenvalue weighted by molar-refractivity contribution is -0.120. The number of carbonyl (C=O) groups is 1.